The molecule has 0 aliphatic carbocycles. The van der Waals surface area contributed by atoms with Gasteiger partial charge in [-0.15, -0.1) is 24.9 Å². The number of hydrogen-bond donors (Lipinski definition) is 1. The van der Waals surface area contributed by atoms with Crippen molar-refractivity contribution in [3.63, 3.8) is 0 Å². The molecule has 0 bridgehead atoms. The standard InChI is InChI=1S/C24H18F3IO4S/c25-24(26,27)32-21-9-5-4-8-19(21)18(16-6-2-1-3-7-16)12-13-33-22-11-10-17(14-20(22)28)31-15-23(29)30/h1-12,14H,13,15H2,(H,29,30). The number of carboxylic acids is 1. The largest absolute Gasteiger partial charge is 0.573 e. The van der Waals surface area contributed by atoms with Crippen molar-refractivity contribution in [2.24, 2.45) is 0 Å². The molecule has 0 aliphatic heterocycles. The number of ether oxygens (including phenoxy) is 2. The van der Waals surface area contributed by atoms with Crippen LogP contribution in [0.15, 0.2) is 83.8 Å². The van der Waals surface area contributed by atoms with Crippen LogP contribution in [0.25, 0.3) is 5.57 Å². The van der Waals surface area contributed by atoms with Crippen LogP contribution >= 0.6 is 34.4 Å². The molecule has 0 amide bonds. The molecule has 3 rings (SSSR count). The van der Waals surface area contributed by atoms with Crippen molar-refractivity contribution < 1.29 is 32.5 Å². The van der Waals surface area contributed by atoms with Crippen LogP contribution in [-0.4, -0.2) is 29.8 Å². The quantitative estimate of drug-likeness (QED) is 0.219. The predicted molar refractivity (Wildman–Crippen MR) is 130 cm³/mol. The molecule has 1 N–H and O–H groups in total. The van der Waals surface area contributed by atoms with E-state index in [1.807, 2.05) is 42.5 Å². The molecule has 0 atom stereocenters. The minimum atomic E-state index is -4.80. The smallest absolute Gasteiger partial charge is 0.482 e. The van der Waals surface area contributed by atoms with Crippen molar-refractivity contribution >= 4 is 45.9 Å². The van der Waals surface area contributed by atoms with E-state index in [0.717, 1.165) is 14.0 Å². The fourth-order valence-corrected chi connectivity index (χ4v) is 4.70. The second kappa shape index (κ2) is 11.5. The molecule has 0 aliphatic rings. The molecule has 0 radical (unpaired) electrons. The highest BCUT2D eigenvalue weighted by Crippen LogP contribution is 2.35. The summed E-state index contributed by atoms with van der Waals surface area (Å²) in [5, 5.41) is 8.73. The van der Waals surface area contributed by atoms with Gasteiger partial charge in [0.1, 0.15) is 11.5 Å². The molecular weight excluding hydrogens is 568 g/mol. The van der Waals surface area contributed by atoms with E-state index in [4.69, 9.17) is 9.84 Å². The van der Waals surface area contributed by atoms with Crippen LogP contribution < -0.4 is 9.47 Å². The molecule has 0 spiro atoms. The molecule has 172 valence electrons. The van der Waals surface area contributed by atoms with Gasteiger partial charge >= 0.3 is 12.3 Å². The Kier molecular flexibility index (Phi) is 8.67. The van der Waals surface area contributed by atoms with Gasteiger partial charge in [0.15, 0.2) is 6.61 Å². The normalized spacial score (nSPS) is 11.8. The summed E-state index contributed by atoms with van der Waals surface area (Å²) in [6, 6.07) is 20.4. The van der Waals surface area contributed by atoms with E-state index in [9.17, 15) is 18.0 Å². The van der Waals surface area contributed by atoms with Crippen LogP contribution in [-0.2, 0) is 4.79 Å². The van der Waals surface area contributed by atoms with Crippen LogP contribution in [0.3, 0.4) is 0 Å². The Balaban J connectivity index is 1.86. The Labute approximate surface area is 206 Å². The van der Waals surface area contributed by atoms with Gasteiger partial charge in [-0.25, -0.2) is 4.79 Å². The van der Waals surface area contributed by atoms with Crippen molar-refractivity contribution in [2.45, 2.75) is 11.3 Å². The Hall–Kier alpha value is -2.66. The molecule has 33 heavy (non-hydrogen) atoms. The van der Waals surface area contributed by atoms with E-state index in [0.29, 0.717) is 22.6 Å². The van der Waals surface area contributed by atoms with Gasteiger partial charge in [-0.1, -0.05) is 54.6 Å². The van der Waals surface area contributed by atoms with Crippen molar-refractivity contribution in [1.82, 2.24) is 0 Å². The lowest BCUT2D eigenvalue weighted by atomic mass is 9.97. The first-order chi connectivity index (χ1) is 15.7. The third-order valence-electron chi connectivity index (χ3n) is 4.28. The summed E-state index contributed by atoms with van der Waals surface area (Å²) in [5.41, 5.74) is 1.73. The molecule has 0 saturated heterocycles. The average Bonchev–Trinajstić information content (AvgIpc) is 2.77. The van der Waals surface area contributed by atoms with Crippen molar-refractivity contribution in [1.29, 1.82) is 0 Å². The summed E-state index contributed by atoms with van der Waals surface area (Å²) < 4.78 is 49.2. The lowest BCUT2D eigenvalue weighted by molar-refractivity contribution is -0.274. The number of para-hydroxylation sites is 1. The first-order valence-electron chi connectivity index (χ1n) is 9.60. The summed E-state index contributed by atoms with van der Waals surface area (Å²) in [4.78, 5) is 11.6. The van der Waals surface area contributed by atoms with E-state index in [1.165, 1.54) is 23.9 Å². The summed E-state index contributed by atoms with van der Waals surface area (Å²) >= 11 is 3.63. The maximum Gasteiger partial charge on any atom is 0.573 e. The number of rotatable bonds is 9. The van der Waals surface area contributed by atoms with Gasteiger partial charge < -0.3 is 14.6 Å². The third kappa shape index (κ3) is 7.71. The van der Waals surface area contributed by atoms with Crippen molar-refractivity contribution in [3.8, 4) is 11.5 Å². The number of carboxylic acid groups (broad SMARTS) is 1. The minimum absolute atomic E-state index is 0.264. The minimum Gasteiger partial charge on any atom is -0.482 e. The zero-order valence-electron chi connectivity index (χ0n) is 17.0. The highest BCUT2D eigenvalue weighted by atomic mass is 127. The monoisotopic (exact) mass is 586 g/mol. The molecule has 4 nitrogen and oxygen atoms in total. The fourth-order valence-electron chi connectivity index (χ4n) is 2.95. The molecule has 0 aromatic heterocycles. The van der Waals surface area contributed by atoms with Crippen LogP contribution in [0.4, 0.5) is 13.2 Å². The second-order valence-electron chi connectivity index (χ2n) is 6.61. The van der Waals surface area contributed by atoms with Crippen LogP contribution in [0.1, 0.15) is 11.1 Å². The Morgan fingerprint density at radius 3 is 2.39 bits per heavy atom. The lowest BCUT2D eigenvalue weighted by Crippen LogP contribution is -2.18. The number of hydrogen-bond acceptors (Lipinski definition) is 4. The van der Waals surface area contributed by atoms with E-state index in [2.05, 4.69) is 27.3 Å². The van der Waals surface area contributed by atoms with Crippen LogP contribution in [0.2, 0.25) is 0 Å². The van der Waals surface area contributed by atoms with Crippen molar-refractivity contribution in [2.75, 3.05) is 12.4 Å². The first-order valence-corrected chi connectivity index (χ1v) is 11.7. The first kappa shape index (κ1) is 25.0. The van der Waals surface area contributed by atoms with Gasteiger partial charge in [0.05, 0.1) is 0 Å². The Morgan fingerprint density at radius 2 is 1.73 bits per heavy atom. The zero-order valence-corrected chi connectivity index (χ0v) is 20.0. The summed E-state index contributed by atoms with van der Waals surface area (Å²) in [7, 11) is 0. The molecule has 0 fully saturated rings. The Bertz CT molecular complexity index is 1130. The molecular formula is C24H18F3IO4S. The van der Waals surface area contributed by atoms with Gasteiger partial charge in [0.2, 0.25) is 0 Å². The molecule has 9 heteroatoms. The molecule has 0 heterocycles. The molecule has 3 aromatic rings. The maximum absolute atomic E-state index is 12.9. The Morgan fingerprint density at radius 1 is 1.03 bits per heavy atom. The molecule has 3 aromatic carbocycles. The van der Waals surface area contributed by atoms with E-state index < -0.39 is 18.9 Å². The topological polar surface area (TPSA) is 55.8 Å². The number of halogens is 4. The van der Waals surface area contributed by atoms with Gasteiger partial charge in [0, 0.05) is 19.8 Å². The molecule has 0 saturated carbocycles. The van der Waals surface area contributed by atoms with Crippen LogP contribution in [0.5, 0.6) is 11.5 Å². The average molecular weight is 586 g/mol. The number of benzene rings is 3. The van der Waals surface area contributed by atoms with E-state index >= 15 is 0 Å². The lowest BCUT2D eigenvalue weighted by Gasteiger charge is -2.16. The van der Waals surface area contributed by atoms with Crippen molar-refractivity contribution in [3.05, 3.63) is 93.6 Å². The second-order valence-corrected chi connectivity index (χ2v) is 8.84. The number of alkyl halides is 3. The number of carbonyl (C=O) groups is 1. The zero-order chi connectivity index (χ0) is 23.8. The highest BCUT2D eigenvalue weighted by molar-refractivity contribution is 14.1. The summed E-state index contributed by atoms with van der Waals surface area (Å²) in [6.45, 7) is -0.425. The third-order valence-corrected chi connectivity index (χ3v) is 6.54. The van der Waals surface area contributed by atoms with E-state index in [1.54, 1.807) is 24.3 Å². The summed E-state index contributed by atoms with van der Waals surface area (Å²) in [5.74, 6) is -0.392. The van der Waals surface area contributed by atoms with Gasteiger partial charge in [-0.3, -0.25) is 0 Å². The number of thioether (sulfide) groups is 1. The highest BCUT2D eigenvalue weighted by Gasteiger charge is 2.32. The van der Waals surface area contributed by atoms with Gasteiger partial charge in [-0.05, 0) is 58.0 Å². The van der Waals surface area contributed by atoms with E-state index in [-0.39, 0.29) is 5.75 Å². The van der Waals surface area contributed by atoms with Gasteiger partial charge in [-0.2, -0.15) is 0 Å². The maximum atomic E-state index is 12.9. The fraction of sp³-hybridized carbons (Fsp3) is 0.125. The predicted octanol–water partition coefficient (Wildman–Crippen LogP) is 6.88. The van der Waals surface area contributed by atoms with Gasteiger partial charge in [0.25, 0.3) is 0 Å². The SMILES string of the molecule is O=C(O)COc1ccc(SCC=C(c2ccccc2)c2ccccc2OC(F)(F)F)c(I)c1. The molecule has 0 unspecified atom stereocenters. The summed E-state index contributed by atoms with van der Waals surface area (Å²) in [6.07, 6.45) is -2.93. The number of aliphatic carboxylic acids is 1. The van der Waals surface area contributed by atoms with Crippen LogP contribution in [0, 0.1) is 3.57 Å².